The number of nitrogen functional groups attached to an aromatic ring is 1. The highest BCUT2D eigenvalue weighted by Gasteiger charge is 2.10. The molecule has 0 aliphatic carbocycles. The molecule has 0 radical (unpaired) electrons. The molecule has 4 aromatic rings. The highest BCUT2D eigenvalue weighted by molar-refractivity contribution is 5.94. The standard InChI is InChI=1S/C20H21N7O/c1-12-3-4-22-8-16(12)18-5-14-6-19(23-9-17(14)20(21)26-18)25-15-7-24-27(10-15)13(2)11-28/h3-10,13,28H,11H2,1-2H3,(H2,21,26)(H,23,25)/t13-/m1/s1. The number of fused-ring (bicyclic) bond motifs is 1. The van der Waals surface area contributed by atoms with Crippen molar-refractivity contribution in [2.45, 2.75) is 19.9 Å². The Kier molecular flexibility index (Phi) is 4.62. The molecular weight excluding hydrogens is 354 g/mol. The van der Waals surface area contributed by atoms with Gasteiger partial charge in [0.2, 0.25) is 0 Å². The molecule has 0 bridgehead atoms. The Morgan fingerprint density at radius 1 is 1.25 bits per heavy atom. The predicted octanol–water partition coefficient (Wildman–Crippen LogP) is 3.08. The van der Waals surface area contributed by atoms with Gasteiger partial charge in [0.15, 0.2) is 0 Å². The number of aliphatic hydroxyl groups excluding tert-OH is 1. The van der Waals surface area contributed by atoms with Crippen LogP contribution in [0.15, 0.2) is 49.2 Å². The van der Waals surface area contributed by atoms with Crippen LogP contribution < -0.4 is 11.1 Å². The number of anilines is 3. The summed E-state index contributed by atoms with van der Waals surface area (Å²) in [6.45, 7) is 3.94. The van der Waals surface area contributed by atoms with Crippen LogP contribution in [0.1, 0.15) is 18.5 Å². The number of aliphatic hydroxyl groups is 1. The fourth-order valence-corrected chi connectivity index (χ4v) is 2.99. The topological polar surface area (TPSA) is 115 Å². The molecule has 0 aromatic carbocycles. The van der Waals surface area contributed by atoms with Crippen molar-refractivity contribution in [2.75, 3.05) is 17.7 Å². The Balaban J connectivity index is 1.70. The van der Waals surface area contributed by atoms with Gasteiger partial charge in [-0.1, -0.05) is 0 Å². The Bertz CT molecular complexity index is 1140. The van der Waals surface area contributed by atoms with Crippen molar-refractivity contribution in [1.29, 1.82) is 0 Å². The van der Waals surface area contributed by atoms with Crippen LogP contribution in [0.4, 0.5) is 17.3 Å². The Hall–Kier alpha value is -3.52. The van der Waals surface area contributed by atoms with Crippen molar-refractivity contribution >= 4 is 28.1 Å². The Morgan fingerprint density at radius 3 is 2.89 bits per heavy atom. The molecule has 8 nitrogen and oxygen atoms in total. The molecule has 0 saturated heterocycles. The summed E-state index contributed by atoms with van der Waals surface area (Å²) in [6, 6.07) is 5.77. The molecule has 4 rings (SSSR count). The van der Waals surface area contributed by atoms with Crippen LogP contribution in [-0.2, 0) is 0 Å². The van der Waals surface area contributed by atoms with E-state index in [1.807, 2.05) is 38.2 Å². The highest BCUT2D eigenvalue weighted by atomic mass is 16.3. The molecule has 0 saturated carbocycles. The first-order chi connectivity index (χ1) is 13.5. The molecule has 0 unspecified atom stereocenters. The number of hydrogen-bond acceptors (Lipinski definition) is 7. The lowest BCUT2D eigenvalue weighted by Crippen LogP contribution is -2.09. The molecule has 0 amide bonds. The van der Waals surface area contributed by atoms with Crippen LogP contribution in [0, 0.1) is 6.92 Å². The van der Waals surface area contributed by atoms with E-state index in [0.29, 0.717) is 11.6 Å². The summed E-state index contributed by atoms with van der Waals surface area (Å²) >= 11 is 0. The van der Waals surface area contributed by atoms with E-state index in [2.05, 4.69) is 25.4 Å². The number of nitrogens with zero attached hydrogens (tertiary/aromatic N) is 5. The Morgan fingerprint density at radius 2 is 2.11 bits per heavy atom. The van der Waals surface area contributed by atoms with E-state index >= 15 is 0 Å². The number of nitrogens with one attached hydrogen (secondary N) is 1. The van der Waals surface area contributed by atoms with Crippen molar-refractivity contribution in [3.05, 3.63) is 54.7 Å². The van der Waals surface area contributed by atoms with Gasteiger partial charge in [-0.15, -0.1) is 0 Å². The zero-order valence-corrected chi connectivity index (χ0v) is 15.7. The third-order valence-corrected chi connectivity index (χ3v) is 4.65. The molecule has 1 atom stereocenters. The summed E-state index contributed by atoms with van der Waals surface area (Å²) in [5.74, 6) is 1.10. The van der Waals surface area contributed by atoms with Crippen molar-refractivity contribution in [1.82, 2.24) is 24.7 Å². The minimum atomic E-state index is -0.0868. The first kappa shape index (κ1) is 17.9. The minimum absolute atomic E-state index is 0.0260. The first-order valence-corrected chi connectivity index (χ1v) is 8.94. The maximum Gasteiger partial charge on any atom is 0.133 e. The number of rotatable bonds is 5. The van der Waals surface area contributed by atoms with E-state index < -0.39 is 0 Å². The zero-order valence-electron chi connectivity index (χ0n) is 15.7. The van der Waals surface area contributed by atoms with Crippen molar-refractivity contribution in [2.24, 2.45) is 0 Å². The SMILES string of the molecule is Cc1ccncc1-c1cc2cc(Nc3cnn([C@H](C)CO)c3)ncc2c(N)n1. The molecule has 142 valence electrons. The van der Waals surface area contributed by atoms with Gasteiger partial charge >= 0.3 is 0 Å². The smallest absolute Gasteiger partial charge is 0.133 e. The maximum absolute atomic E-state index is 9.26. The Labute approximate surface area is 162 Å². The first-order valence-electron chi connectivity index (χ1n) is 8.94. The third kappa shape index (κ3) is 3.37. The summed E-state index contributed by atoms with van der Waals surface area (Å²) in [6.07, 6.45) is 8.79. The molecule has 0 spiro atoms. The average Bonchev–Trinajstić information content (AvgIpc) is 3.16. The fraction of sp³-hybridized carbons (Fsp3) is 0.200. The summed E-state index contributed by atoms with van der Waals surface area (Å²) in [5.41, 5.74) is 9.76. The van der Waals surface area contributed by atoms with Crippen molar-refractivity contribution < 1.29 is 5.11 Å². The number of nitrogens with two attached hydrogens (primary N) is 1. The van der Waals surface area contributed by atoms with Gasteiger partial charge in [-0.25, -0.2) is 9.97 Å². The van der Waals surface area contributed by atoms with E-state index in [-0.39, 0.29) is 12.6 Å². The molecule has 4 N–H and O–H groups in total. The number of hydrogen-bond donors (Lipinski definition) is 3. The lowest BCUT2D eigenvalue weighted by molar-refractivity contribution is 0.230. The van der Waals surface area contributed by atoms with Crippen LogP contribution in [0.3, 0.4) is 0 Å². The molecule has 28 heavy (non-hydrogen) atoms. The van der Waals surface area contributed by atoms with Crippen molar-refractivity contribution in [3.8, 4) is 11.3 Å². The van der Waals surface area contributed by atoms with Crippen LogP contribution in [0.5, 0.6) is 0 Å². The lowest BCUT2D eigenvalue weighted by atomic mass is 10.1. The lowest BCUT2D eigenvalue weighted by Gasteiger charge is -2.10. The normalized spacial score (nSPS) is 12.2. The van der Waals surface area contributed by atoms with Gasteiger partial charge in [0.1, 0.15) is 11.6 Å². The van der Waals surface area contributed by atoms with Gasteiger partial charge in [-0.2, -0.15) is 5.10 Å². The number of aromatic nitrogens is 5. The van der Waals surface area contributed by atoms with Gasteiger partial charge in [0.05, 0.1) is 30.2 Å². The summed E-state index contributed by atoms with van der Waals surface area (Å²) in [5, 5.41) is 18.5. The van der Waals surface area contributed by atoms with Crippen LogP contribution in [0.25, 0.3) is 22.0 Å². The molecule has 0 aliphatic rings. The van der Waals surface area contributed by atoms with Gasteiger partial charge in [-0.05, 0) is 43.0 Å². The summed E-state index contributed by atoms with van der Waals surface area (Å²) in [4.78, 5) is 13.1. The van der Waals surface area contributed by atoms with Crippen molar-refractivity contribution in [3.63, 3.8) is 0 Å². The van der Waals surface area contributed by atoms with E-state index in [0.717, 1.165) is 33.3 Å². The van der Waals surface area contributed by atoms with E-state index in [9.17, 15) is 5.11 Å². The van der Waals surface area contributed by atoms with Gasteiger partial charge in [0, 0.05) is 35.7 Å². The average molecular weight is 375 g/mol. The summed E-state index contributed by atoms with van der Waals surface area (Å²) in [7, 11) is 0. The maximum atomic E-state index is 9.26. The second-order valence-electron chi connectivity index (χ2n) is 6.74. The van der Waals surface area contributed by atoms with Crippen LogP contribution >= 0.6 is 0 Å². The summed E-state index contributed by atoms with van der Waals surface area (Å²) < 4.78 is 1.70. The van der Waals surface area contributed by atoms with Gasteiger partial charge < -0.3 is 16.2 Å². The van der Waals surface area contributed by atoms with Gasteiger partial charge in [-0.3, -0.25) is 9.67 Å². The van der Waals surface area contributed by atoms with E-state index in [4.69, 9.17) is 5.73 Å². The zero-order chi connectivity index (χ0) is 19.7. The number of aryl methyl sites for hydroxylation is 1. The second kappa shape index (κ2) is 7.24. The van der Waals surface area contributed by atoms with Gasteiger partial charge in [0.25, 0.3) is 0 Å². The molecule has 0 fully saturated rings. The van der Waals surface area contributed by atoms with E-state index in [1.165, 1.54) is 0 Å². The number of pyridine rings is 3. The third-order valence-electron chi connectivity index (χ3n) is 4.65. The molecule has 4 aromatic heterocycles. The quantitative estimate of drug-likeness (QED) is 0.491. The largest absolute Gasteiger partial charge is 0.394 e. The predicted molar refractivity (Wildman–Crippen MR) is 109 cm³/mol. The fourth-order valence-electron chi connectivity index (χ4n) is 2.99. The van der Waals surface area contributed by atoms with E-state index in [1.54, 1.807) is 29.5 Å². The minimum Gasteiger partial charge on any atom is -0.394 e. The van der Waals surface area contributed by atoms with Crippen LogP contribution in [0.2, 0.25) is 0 Å². The van der Waals surface area contributed by atoms with Crippen LogP contribution in [-0.4, -0.2) is 36.4 Å². The molecule has 4 heterocycles. The molecule has 0 aliphatic heterocycles. The highest BCUT2D eigenvalue weighted by Crippen LogP contribution is 2.29. The molecule has 8 heteroatoms. The molecular formula is C20H21N7O. The monoisotopic (exact) mass is 375 g/mol. The second-order valence-corrected chi connectivity index (χ2v) is 6.74.